The summed E-state index contributed by atoms with van der Waals surface area (Å²) in [6, 6.07) is 0. The van der Waals surface area contributed by atoms with Crippen molar-refractivity contribution in [1.82, 2.24) is 0 Å². The van der Waals surface area contributed by atoms with Crippen molar-refractivity contribution in [2.45, 2.75) is 13.3 Å². The van der Waals surface area contributed by atoms with Crippen LogP contribution in [0.2, 0.25) is 0 Å². The second kappa shape index (κ2) is 4.42. The van der Waals surface area contributed by atoms with Crippen LogP contribution in [0.3, 0.4) is 0 Å². The van der Waals surface area contributed by atoms with Crippen molar-refractivity contribution in [2.75, 3.05) is 5.75 Å². The van der Waals surface area contributed by atoms with Gasteiger partial charge < -0.3 is 5.73 Å². The molecule has 6 heteroatoms. The summed E-state index contributed by atoms with van der Waals surface area (Å²) in [7, 11) is -3.99. The fourth-order valence-electron chi connectivity index (χ4n) is 0.749. The molecule has 1 atom stereocenters. The number of amides is 1. The van der Waals surface area contributed by atoms with E-state index in [1.54, 1.807) is 6.92 Å². The normalized spacial score (nSPS) is 14.2. The van der Waals surface area contributed by atoms with Gasteiger partial charge in [-0.3, -0.25) is 9.35 Å². The van der Waals surface area contributed by atoms with E-state index in [0.29, 0.717) is 0 Å². The lowest BCUT2D eigenvalue weighted by Gasteiger charge is -2.07. The zero-order chi connectivity index (χ0) is 9.78. The number of hydrogen-bond acceptors (Lipinski definition) is 3. The van der Waals surface area contributed by atoms with Gasteiger partial charge in [0, 0.05) is 5.92 Å². The van der Waals surface area contributed by atoms with E-state index in [-0.39, 0.29) is 6.42 Å². The average Bonchev–Trinajstić information content (AvgIpc) is 1.85. The maximum atomic E-state index is 10.6. The molecule has 3 N–H and O–H groups in total. The van der Waals surface area contributed by atoms with E-state index in [2.05, 4.69) is 0 Å². The largest absolute Gasteiger partial charge is 0.369 e. The Hall–Kier alpha value is -0.620. The van der Waals surface area contributed by atoms with Crippen LogP contribution in [0, 0.1) is 12.3 Å². The molecule has 0 aromatic rings. The second-order valence-electron chi connectivity index (χ2n) is 2.42. The van der Waals surface area contributed by atoms with Crippen LogP contribution in [-0.4, -0.2) is 24.6 Å². The lowest BCUT2D eigenvalue weighted by Crippen LogP contribution is -2.25. The highest BCUT2D eigenvalue weighted by Gasteiger charge is 2.16. The van der Waals surface area contributed by atoms with Gasteiger partial charge in [0.15, 0.2) is 0 Å². The van der Waals surface area contributed by atoms with Crippen LogP contribution in [0.5, 0.6) is 0 Å². The molecule has 0 bridgehead atoms. The van der Waals surface area contributed by atoms with E-state index in [1.807, 2.05) is 0 Å². The third-order valence-corrected chi connectivity index (χ3v) is 2.21. The van der Waals surface area contributed by atoms with Crippen molar-refractivity contribution in [2.24, 2.45) is 11.7 Å². The Morgan fingerprint density at radius 3 is 2.42 bits per heavy atom. The predicted molar refractivity (Wildman–Crippen MR) is 43.7 cm³/mol. The molecule has 1 unspecified atom stereocenters. The second-order valence-corrected chi connectivity index (χ2v) is 3.99. The van der Waals surface area contributed by atoms with Gasteiger partial charge in [-0.25, -0.2) is 0 Å². The highest BCUT2D eigenvalue weighted by Crippen LogP contribution is 2.07. The van der Waals surface area contributed by atoms with Crippen molar-refractivity contribution in [3.63, 3.8) is 0 Å². The summed E-state index contributed by atoms with van der Waals surface area (Å²) in [5, 5.41) is 0. The van der Waals surface area contributed by atoms with Crippen LogP contribution < -0.4 is 5.73 Å². The molecule has 0 aromatic heterocycles. The number of primary amides is 1. The van der Waals surface area contributed by atoms with Crippen LogP contribution in [-0.2, 0) is 14.9 Å². The predicted octanol–water partition coefficient (Wildman–Crippen LogP) is -0.410. The lowest BCUT2D eigenvalue weighted by molar-refractivity contribution is -0.120. The van der Waals surface area contributed by atoms with Gasteiger partial charge in [-0.1, -0.05) is 6.92 Å². The average molecular weight is 194 g/mol. The molecule has 0 rings (SSSR count). The van der Waals surface area contributed by atoms with Crippen LogP contribution in [0.1, 0.15) is 13.3 Å². The SMILES string of the molecule is C[CH]C(CCS(=O)(=O)O)C(N)=O. The monoisotopic (exact) mass is 194 g/mol. The van der Waals surface area contributed by atoms with Crippen LogP contribution in [0.15, 0.2) is 0 Å². The van der Waals surface area contributed by atoms with Gasteiger partial charge in [-0.05, 0) is 12.8 Å². The molecule has 0 aliphatic carbocycles. The first-order valence-electron chi connectivity index (χ1n) is 3.40. The maximum Gasteiger partial charge on any atom is 0.264 e. The van der Waals surface area contributed by atoms with Crippen molar-refractivity contribution >= 4 is 16.0 Å². The number of carbonyl (C=O) groups excluding carboxylic acids is 1. The summed E-state index contributed by atoms with van der Waals surface area (Å²) in [4.78, 5) is 10.6. The first kappa shape index (κ1) is 11.4. The minimum atomic E-state index is -3.99. The van der Waals surface area contributed by atoms with E-state index < -0.39 is 27.7 Å². The smallest absolute Gasteiger partial charge is 0.264 e. The molecule has 0 aliphatic heterocycles. The molecule has 5 nitrogen and oxygen atoms in total. The summed E-state index contributed by atoms with van der Waals surface area (Å²) in [5.41, 5.74) is 4.93. The quantitative estimate of drug-likeness (QED) is 0.581. The van der Waals surface area contributed by atoms with E-state index in [0.717, 1.165) is 0 Å². The summed E-state index contributed by atoms with van der Waals surface area (Å²) >= 11 is 0. The van der Waals surface area contributed by atoms with E-state index >= 15 is 0 Å². The van der Waals surface area contributed by atoms with Crippen LogP contribution in [0.4, 0.5) is 0 Å². The Bertz CT molecular complexity index is 246. The minimum absolute atomic E-state index is 0.0324. The summed E-state index contributed by atoms with van der Waals surface area (Å²) in [6.45, 7) is 1.61. The first-order valence-corrected chi connectivity index (χ1v) is 5.01. The van der Waals surface area contributed by atoms with Crippen LogP contribution in [0.25, 0.3) is 0 Å². The molecule has 0 saturated heterocycles. The summed E-state index contributed by atoms with van der Waals surface area (Å²) in [6.07, 6.45) is 1.54. The number of rotatable bonds is 5. The number of nitrogens with two attached hydrogens (primary N) is 1. The molecule has 0 heterocycles. The van der Waals surface area contributed by atoms with Crippen LogP contribution >= 0.6 is 0 Å². The topological polar surface area (TPSA) is 97.5 Å². The number of carbonyl (C=O) groups is 1. The molecule has 0 aromatic carbocycles. The van der Waals surface area contributed by atoms with Gasteiger partial charge >= 0.3 is 0 Å². The molecule has 12 heavy (non-hydrogen) atoms. The Morgan fingerprint density at radius 2 is 2.17 bits per heavy atom. The van der Waals surface area contributed by atoms with E-state index in [1.165, 1.54) is 6.42 Å². The molecular formula is C6H12NO4S. The van der Waals surface area contributed by atoms with Gasteiger partial charge in [0.1, 0.15) is 0 Å². The molecule has 71 valence electrons. The van der Waals surface area contributed by atoms with Crippen molar-refractivity contribution < 1.29 is 17.8 Å². The Kier molecular flexibility index (Phi) is 4.19. The van der Waals surface area contributed by atoms with Gasteiger partial charge in [0.25, 0.3) is 10.1 Å². The molecular weight excluding hydrogens is 182 g/mol. The zero-order valence-electron chi connectivity index (χ0n) is 6.73. The highest BCUT2D eigenvalue weighted by molar-refractivity contribution is 7.85. The lowest BCUT2D eigenvalue weighted by atomic mass is 10.0. The molecule has 1 radical (unpaired) electrons. The van der Waals surface area contributed by atoms with Gasteiger partial charge in [0.05, 0.1) is 5.75 Å². The molecule has 1 amide bonds. The van der Waals surface area contributed by atoms with Gasteiger partial charge in [0.2, 0.25) is 5.91 Å². The Labute approximate surface area is 71.7 Å². The molecule has 0 aliphatic rings. The van der Waals surface area contributed by atoms with Crippen molar-refractivity contribution in [3.8, 4) is 0 Å². The Morgan fingerprint density at radius 1 is 1.67 bits per heavy atom. The molecule has 0 spiro atoms. The van der Waals surface area contributed by atoms with E-state index in [4.69, 9.17) is 10.3 Å². The number of hydrogen-bond donors (Lipinski definition) is 2. The molecule has 0 fully saturated rings. The van der Waals surface area contributed by atoms with Gasteiger partial charge in [-0.2, -0.15) is 8.42 Å². The fourth-order valence-corrected chi connectivity index (χ4v) is 1.30. The summed E-state index contributed by atoms with van der Waals surface area (Å²) in [5.74, 6) is -1.61. The third kappa shape index (κ3) is 5.09. The highest BCUT2D eigenvalue weighted by atomic mass is 32.2. The van der Waals surface area contributed by atoms with Crippen molar-refractivity contribution in [3.05, 3.63) is 6.42 Å². The third-order valence-electron chi connectivity index (χ3n) is 1.45. The fraction of sp³-hybridized carbons (Fsp3) is 0.667. The standard InChI is InChI=1S/C6H12NO4S/c1-2-5(6(7)8)3-4-12(9,10)11/h2,5H,3-4H2,1H3,(H2,7,8)(H,9,10,11). The van der Waals surface area contributed by atoms with E-state index in [9.17, 15) is 13.2 Å². The Balaban J connectivity index is 3.98. The minimum Gasteiger partial charge on any atom is -0.369 e. The van der Waals surface area contributed by atoms with Gasteiger partial charge in [-0.15, -0.1) is 0 Å². The first-order chi connectivity index (χ1) is 5.37. The summed E-state index contributed by atoms with van der Waals surface area (Å²) < 4.78 is 28.9. The zero-order valence-corrected chi connectivity index (χ0v) is 7.54. The van der Waals surface area contributed by atoms with Crippen molar-refractivity contribution in [1.29, 1.82) is 0 Å². The molecule has 0 saturated carbocycles. The maximum absolute atomic E-state index is 10.6.